The Kier molecular flexibility index (Phi) is 5.11. The van der Waals surface area contributed by atoms with Crippen molar-refractivity contribution in [3.63, 3.8) is 0 Å². The van der Waals surface area contributed by atoms with Crippen molar-refractivity contribution in [2.45, 2.75) is 38.6 Å². The van der Waals surface area contributed by atoms with E-state index in [0.29, 0.717) is 6.42 Å². The molecule has 3 aromatic rings. The van der Waals surface area contributed by atoms with E-state index in [2.05, 4.69) is 16.7 Å². The van der Waals surface area contributed by atoms with Crippen LogP contribution in [0.5, 0.6) is 0 Å². The molecule has 28 heavy (non-hydrogen) atoms. The number of hydrogen-bond acceptors (Lipinski definition) is 2. The summed E-state index contributed by atoms with van der Waals surface area (Å²) in [6.07, 6.45) is 2.62. The molecule has 4 heteroatoms. The second kappa shape index (κ2) is 7.85. The number of carboxylic acids is 1. The van der Waals surface area contributed by atoms with Gasteiger partial charge >= 0.3 is 5.97 Å². The van der Waals surface area contributed by atoms with Gasteiger partial charge in [-0.05, 0) is 30.4 Å². The van der Waals surface area contributed by atoms with Gasteiger partial charge in [0.2, 0.25) is 0 Å². The highest BCUT2D eigenvalue weighted by Gasteiger charge is 2.30. The number of ketones is 1. The summed E-state index contributed by atoms with van der Waals surface area (Å²) in [5.41, 5.74) is 6.24. The van der Waals surface area contributed by atoms with Crippen LogP contribution in [-0.2, 0) is 17.8 Å². The zero-order valence-electron chi connectivity index (χ0n) is 15.7. The highest BCUT2D eigenvalue weighted by Crippen LogP contribution is 2.43. The number of benzene rings is 2. The normalized spacial score (nSPS) is 12.7. The number of carbonyl (C=O) groups excluding carboxylic acids is 1. The molecular weight excluding hydrogens is 350 g/mol. The van der Waals surface area contributed by atoms with Crippen molar-refractivity contribution in [2.24, 2.45) is 0 Å². The quantitative estimate of drug-likeness (QED) is 0.579. The highest BCUT2D eigenvalue weighted by atomic mass is 16.4. The largest absolute Gasteiger partial charge is 0.481 e. The van der Waals surface area contributed by atoms with E-state index in [-0.39, 0.29) is 18.6 Å². The average molecular weight is 373 g/mol. The van der Waals surface area contributed by atoms with E-state index in [0.717, 1.165) is 47.3 Å². The fraction of sp³-hybridized carbons (Fsp3) is 0.250. The molecule has 0 unspecified atom stereocenters. The second-order valence-corrected chi connectivity index (χ2v) is 7.20. The van der Waals surface area contributed by atoms with Crippen molar-refractivity contribution < 1.29 is 14.7 Å². The molecule has 0 saturated heterocycles. The van der Waals surface area contributed by atoms with Crippen LogP contribution in [0.15, 0.2) is 60.7 Å². The Morgan fingerprint density at radius 3 is 2.07 bits per heavy atom. The number of carboxylic acid groups (broad SMARTS) is 1. The summed E-state index contributed by atoms with van der Waals surface area (Å²) < 4.78 is 2.17. The minimum atomic E-state index is -0.860. The summed E-state index contributed by atoms with van der Waals surface area (Å²) >= 11 is 0. The maximum absolute atomic E-state index is 13.2. The van der Waals surface area contributed by atoms with Gasteiger partial charge in [-0.3, -0.25) is 9.59 Å². The van der Waals surface area contributed by atoms with Gasteiger partial charge in [-0.25, -0.2) is 0 Å². The lowest BCUT2D eigenvalue weighted by Crippen LogP contribution is -2.10. The van der Waals surface area contributed by atoms with Gasteiger partial charge in [0.1, 0.15) is 0 Å². The van der Waals surface area contributed by atoms with Crippen LogP contribution in [0.3, 0.4) is 0 Å². The Morgan fingerprint density at radius 2 is 1.46 bits per heavy atom. The minimum absolute atomic E-state index is 0.0194. The predicted molar refractivity (Wildman–Crippen MR) is 109 cm³/mol. The Morgan fingerprint density at radius 1 is 0.857 bits per heavy atom. The maximum atomic E-state index is 13.2. The van der Waals surface area contributed by atoms with E-state index in [9.17, 15) is 9.59 Å². The van der Waals surface area contributed by atoms with Crippen LogP contribution in [0, 0.1) is 0 Å². The molecule has 0 aliphatic carbocycles. The van der Waals surface area contributed by atoms with Crippen LogP contribution < -0.4 is 0 Å². The summed E-state index contributed by atoms with van der Waals surface area (Å²) in [6, 6.07) is 20.3. The number of fused-ring (bicyclic) bond motifs is 1. The third-order valence-electron chi connectivity index (χ3n) is 5.35. The average Bonchev–Trinajstić information content (AvgIpc) is 3.29. The summed E-state index contributed by atoms with van der Waals surface area (Å²) in [6.45, 7) is 0.835. The number of hydrogen-bond donors (Lipinski definition) is 1. The van der Waals surface area contributed by atoms with Gasteiger partial charge in [-0.15, -0.1) is 0 Å². The van der Waals surface area contributed by atoms with Crippen LogP contribution in [0.25, 0.3) is 22.3 Å². The molecule has 0 radical (unpaired) electrons. The van der Waals surface area contributed by atoms with E-state index >= 15 is 0 Å². The molecule has 0 fully saturated rings. The highest BCUT2D eigenvalue weighted by molar-refractivity contribution is 6.06. The van der Waals surface area contributed by atoms with Gasteiger partial charge in [-0.1, -0.05) is 60.7 Å². The number of Topliss-reactive ketones (excluding diaryl/α,β-unsaturated/α-hetero) is 1. The standard InChI is InChI=1S/C24H23NO3/c26-20(14-7-15-21(27)28)24-23(18-11-5-2-6-12-18)22(17-9-3-1-4-10-17)19-13-8-16-25(19)24/h1-6,9-12H,7-8,13-16H2,(H,27,28). The molecule has 4 nitrogen and oxygen atoms in total. The zero-order valence-corrected chi connectivity index (χ0v) is 15.7. The van der Waals surface area contributed by atoms with Gasteiger partial charge in [-0.2, -0.15) is 0 Å². The Bertz CT molecular complexity index is 1000. The van der Waals surface area contributed by atoms with Crippen molar-refractivity contribution in [3.05, 3.63) is 72.1 Å². The van der Waals surface area contributed by atoms with Crippen molar-refractivity contribution in [3.8, 4) is 22.3 Å². The van der Waals surface area contributed by atoms with E-state index in [1.165, 1.54) is 5.69 Å². The van der Waals surface area contributed by atoms with Crippen LogP contribution in [-0.4, -0.2) is 21.4 Å². The van der Waals surface area contributed by atoms with E-state index < -0.39 is 5.97 Å². The molecule has 0 atom stereocenters. The van der Waals surface area contributed by atoms with Gasteiger partial charge in [0.05, 0.1) is 5.69 Å². The smallest absolute Gasteiger partial charge is 0.303 e. The van der Waals surface area contributed by atoms with Gasteiger partial charge in [0.25, 0.3) is 0 Å². The number of aliphatic carboxylic acids is 1. The molecule has 0 spiro atoms. The van der Waals surface area contributed by atoms with E-state index in [4.69, 9.17) is 5.11 Å². The molecule has 0 amide bonds. The lowest BCUT2D eigenvalue weighted by Gasteiger charge is -2.11. The summed E-state index contributed by atoms with van der Waals surface area (Å²) in [4.78, 5) is 24.1. The molecule has 4 rings (SSSR count). The second-order valence-electron chi connectivity index (χ2n) is 7.20. The predicted octanol–water partition coefficient (Wildman–Crippen LogP) is 5.21. The summed E-state index contributed by atoms with van der Waals surface area (Å²) in [5.74, 6) is -0.827. The van der Waals surface area contributed by atoms with Crippen molar-refractivity contribution in [1.29, 1.82) is 0 Å². The molecule has 2 heterocycles. The molecule has 142 valence electrons. The Balaban J connectivity index is 1.88. The lowest BCUT2D eigenvalue weighted by atomic mass is 9.92. The van der Waals surface area contributed by atoms with E-state index in [1.807, 2.05) is 48.5 Å². The third kappa shape index (κ3) is 3.38. The summed E-state index contributed by atoms with van der Waals surface area (Å²) in [7, 11) is 0. The van der Waals surface area contributed by atoms with Crippen LogP contribution in [0.2, 0.25) is 0 Å². The fourth-order valence-electron chi connectivity index (χ4n) is 4.19. The van der Waals surface area contributed by atoms with Crippen LogP contribution >= 0.6 is 0 Å². The number of carbonyl (C=O) groups is 2. The molecule has 0 saturated carbocycles. The Labute approximate surface area is 164 Å². The number of aromatic nitrogens is 1. The molecule has 0 bridgehead atoms. The SMILES string of the molecule is O=C(O)CCCC(=O)c1c(-c2ccccc2)c(-c2ccccc2)c2n1CCC2. The molecule has 1 aliphatic rings. The molecule has 1 N–H and O–H groups in total. The fourth-order valence-corrected chi connectivity index (χ4v) is 4.19. The maximum Gasteiger partial charge on any atom is 0.303 e. The van der Waals surface area contributed by atoms with Crippen molar-refractivity contribution in [2.75, 3.05) is 0 Å². The topological polar surface area (TPSA) is 59.3 Å². The first-order chi connectivity index (χ1) is 13.7. The molecule has 2 aromatic carbocycles. The third-order valence-corrected chi connectivity index (χ3v) is 5.35. The molecular formula is C24H23NO3. The number of rotatable bonds is 7. The van der Waals surface area contributed by atoms with Gasteiger partial charge in [0.15, 0.2) is 5.78 Å². The van der Waals surface area contributed by atoms with Gasteiger partial charge in [0, 0.05) is 36.2 Å². The zero-order chi connectivity index (χ0) is 19.5. The van der Waals surface area contributed by atoms with Crippen molar-refractivity contribution >= 4 is 11.8 Å². The minimum Gasteiger partial charge on any atom is -0.481 e. The number of nitrogens with zero attached hydrogens (tertiary/aromatic N) is 1. The molecule has 1 aliphatic heterocycles. The van der Waals surface area contributed by atoms with Crippen LogP contribution in [0.1, 0.15) is 41.9 Å². The first-order valence-corrected chi connectivity index (χ1v) is 9.78. The first kappa shape index (κ1) is 18.2. The monoisotopic (exact) mass is 373 g/mol. The van der Waals surface area contributed by atoms with E-state index in [1.54, 1.807) is 0 Å². The molecule has 1 aromatic heterocycles. The van der Waals surface area contributed by atoms with Gasteiger partial charge < -0.3 is 9.67 Å². The first-order valence-electron chi connectivity index (χ1n) is 9.78. The Hall–Kier alpha value is -3.14. The van der Waals surface area contributed by atoms with Crippen molar-refractivity contribution in [1.82, 2.24) is 4.57 Å². The van der Waals surface area contributed by atoms with Crippen LogP contribution in [0.4, 0.5) is 0 Å². The summed E-state index contributed by atoms with van der Waals surface area (Å²) in [5, 5.41) is 8.92. The lowest BCUT2D eigenvalue weighted by molar-refractivity contribution is -0.137.